The Hall–Kier alpha value is -1.36. The Balaban J connectivity index is 2.06. The number of ether oxygens (including phenoxy) is 1. The summed E-state index contributed by atoms with van der Waals surface area (Å²) in [5.41, 5.74) is 0. The van der Waals surface area contributed by atoms with E-state index in [9.17, 15) is 0 Å². The number of rotatable bonds is 8. The Kier molecular flexibility index (Phi) is 6.22. The van der Waals surface area contributed by atoms with Crippen LogP contribution in [0.5, 0.6) is 5.75 Å². The first-order valence-corrected chi connectivity index (χ1v) is 11.8. The van der Waals surface area contributed by atoms with Crippen LogP contribution in [0.3, 0.4) is 0 Å². The number of fused-ring (bicyclic) bond motifs is 1. The summed E-state index contributed by atoms with van der Waals surface area (Å²) in [6.45, 7) is 12.3. The second-order valence-electron chi connectivity index (χ2n) is 7.20. The van der Waals surface area contributed by atoms with Crippen LogP contribution in [0.15, 0.2) is 42.5 Å². The summed E-state index contributed by atoms with van der Waals surface area (Å²) in [5.74, 6) is 0.928. The van der Waals surface area contributed by atoms with Gasteiger partial charge in [-0.25, -0.2) is 0 Å². The normalized spacial score (nSPS) is 13.5. The molecule has 0 aliphatic rings. The Morgan fingerprint density at radius 1 is 1.00 bits per heavy atom. The third-order valence-electron chi connectivity index (χ3n) is 3.45. The minimum absolute atomic E-state index is 0.0723. The zero-order chi connectivity index (χ0) is 16.9. The lowest BCUT2D eigenvalue weighted by Crippen LogP contribution is -2.43. The second-order valence-corrected chi connectivity index (χ2v) is 11.7. The molecular formula is C19H29NO2Si. The largest absolute Gasteiger partial charge is 0.490 e. The first-order chi connectivity index (χ1) is 10.8. The van der Waals surface area contributed by atoms with E-state index in [2.05, 4.69) is 63.1 Å². The fourth-order valence-corrected chi connectivity index (χ4v) is 3.66. The highest BCUT2D eigenvalue weighted by atomic mass is 28.4. The predicted octanol–water partition coefficient (Wildman–Crippen LogP) is 4.44. The molecule has 2 aromatic carbocycles. The van der Waals surface area contributed by atoms with Crippen LogP contribution >= 0.6 is 0 Å². The summed E-state index contributed by atoms with van der Waals surface area (Å²) >= 11 is 0. The van der Waals surface area contributed by atoms with Crippen LogP contribution in [0.1, 0.15) is 13.8 Å². The van der Waals surface area contributed by atoms with Crippen LogP contribution in [0.4, 0.5) is 0 Å². The van der Waals surface area contributed by atoms with E-state index in [0.29, 0.717) is 12.6 Å². The van der Waals surface area contributed by atoms with Gasteiger partial charge in [-0.05, 0) is 31.1 Å². The van der Waals surface area contributed by atoms with Crippen molar-refractivity contribution in [3.63, 3.8) is 0 Å². The Bertz CT molecular complexity index is 617. The molecule has 0 bridgehead atoms. The van der Waals surface area contributed by atoms with E-state index in [1.165, 1.54) is 5.39 Å². The smallest absolute Gasteiger partial charge is 0.184 e. The zero-order valence-corrected chi connectivity index (χ0v) is 15.9. The van der Waals surface area contributed by atoms with Gasteiger partial charge in [0.1, 0.15) is 12.4 Å². The molecule has 4 heteroatoms. The number of nitrogens with one attached hydrogen (secondary N) is 1. The van der Waals surface area contributed by atoms with Crippen molar-refractivity contribution in [3.8, 4) is 5.75 Å². The molecule has 0 amide bonds. The Labute approximate surface area is 141 Å². The molecule has 1 N–H and O–H groups in total. The average Bonchev–Trinajstić information content (AvgIpc) is 2.48. The first kappa shape index (κ1) is 18.0. The summed E-state index contributed by atoms with van der Waals surface area (Å²) < 4.78 is 12.4. The van der Waals surface area contributed by atoms with Crippen LogP contribution in [0.25, 0.3) is 10.8 Å². The van der Waals surface area contributed by atoms with Gasteiger partial charge in [0, 0.05) is 18.0 Å². The summed E-state index contributed by atoms with van der Waals surface area (Å²) in [5, 5.41) is 5.81. The SMILES string of the molecule is CC(C)NCC(COc1cccc2ccccc12)O[Si](C)(C)C. The van der Waals surface area contributed by atoms with Gasteiger partial charge >= 0.3 is 0 Å². The molecule has 23 heavy (non-hydrogen) atoms. The van der Waals surface area contributed by atoms with Crippen molar-refractivity contribution < 1.29 is 9.16 Å². The van der Waals surface area contributed by atoms with Crippen LogP contribution in [-0.4, -0.2) is 33.6 Å². The lowest BCUT2D eigenvalue weighted by molar-refractivity contribution is 0.120. The zero-order valence-electron chi connectivity index (χ0n) is 14.9. The molecule has 2 rings (SSSR count). The van der Waals surface area contributed by atoms with Gasteiger partial charge in [0.05, 0.1) is 6.10 Å². The quantitative estimate of drug-likeness (QED) is 0.726. The number of benzene rings is 2. The first-order valence-electron chi connectivity index (χ1n) is 8.37. The third-order valence-corrected chi connectivity index (χ3v) is 4.49. The average molecular weight is 332 g/mol. The molecule has 0 saturated heterocycles. The fourth-order valence-electron chi connectivity index (χ4n) is 2.51. The molecule has 2 aromatic rings. The van der Waals surface area contributed by atoms with Gasteiger partial charge in [-0.1, -0.05) is 50.2 Å². The minimum Gasteiger partial charge on any atom is -0.490 e. The summed E-state index contributed by atoms with van der Waals surface area (Å²) in [4.78, 5) is 0. The highest BCUT2D eigenvalue weighted by molar-refractivity contribution is 6.69. The van der Waals surface area contributed by atoms with Gasteiger partial charge in [-0.3, -0.25) is 0 Å². The van der Waals surface area contributed by atoms with Gasteiger partial charge in [-0.2, -0.15) is 0 Å². The van der Waals surface area contributed by atoms with E-state index in [0.717, 1.165) is 17.7 Å². The van der Waals surface area contributed by atoms with Gasteiger partial charge in [0.25, 0.3) is 0 Å². The molecule has 0 fully saturated rings. The Morgan fingerprint density at radius 2 is 1.70 bits per heavy atom. The molecule has 0 heterocycles. The van der Waals surface area contributed by atoms with E-state index in [-0.39, 0.29) is 6.10 Å². The summed E-state index contributed by atoms with van der Waals surface area (Å²) in [7, 11) is -1.60. The molecule has 0 aliphatic carbocycles. The lowest BCUT2D eigenvalue weighted by atomic mass is 10.1. The fraction of sp³-hybridized carbons (Fsp3) is 0.474. The highest BCUT2D eigenvalue weighted by Crippen LogP contribution is 2.25. The second kappa shape index (κ2) is 7.95. The number of hydrogen-bond acceptors (Lipinski definition) is 3. The van der Waals surface area contributed by atoms with Crippen molar-refractivity contribution in [2.24, 2.45) is 0 Å². The van der Waals surface area contributed by atoms with E-state index in [4.69, 9.17) is 9.16 Å². The molecule has 0 saturated carbocycles. The van der Waals surface area contributed by atoms with E-state index in [1.54, 1.807) is 0 Å². The monoisotopic (exact) mass is 331 g/mol. The van der Waals surface area contributed by atoms with Gasteiger partial charge in [0.2, 0.25) is 0 Å². The molecule has 0 radical (unpaired) electrons. The van der Waals surface area contributed by atoms with Crippen molar-refractivity contribution in [2.45, 2.75) is 45.6 Å². The summed E-state index contributed by atoms with van der Waals surface area (Å²) in [6.07, 6.45) is 0.0723. The molecule has 1 atom stereocenters. The van der Waals surface area contributed by atoms with Crippen molar-refractivity contribution in [1.29, 1.82) is 0 Å². The van der Waals surface area contributed by atoms with E-state index < -0.39 is 8.32 Å². The van der Waals surface area contributed by atoms with E-state index >= 15 is 0 Å². The van der Waals surface area contributed by atoms with Gasteiger partial charge < -0.3 is 14.5 Å². The van der Waals surface area contributed by atoms with Gasteiger partial charge in [-0.15, -0.1) is 0 Å². The number of hydrogen-bond donors (Lipinski definition) is 1. The standard InChI is InChI=1S/C19H29NO2Si/c1-15(2)20-13-17(22-23(3,4)5)14-21-19-12-8-10-16-9-6-7-11-18(16)19/h6-12,15,17,20H,13-14H2,1-5H3. The Morgan fingerprint density at radius 3 is 2.39 bits per heavy atom. The molecule has 0 aliphatic heterocycles. The molecular weight excluding hydrogens is 302 g/mol. The molecule has 1 unspecified atom stereocenters. The maximum Gasteiger partial charge on any atom is 0.184 e. The highest BCUT2D eigenvalue weighted by Gasteiger charge is 2.22. The van der Waals surface area contributed by atoms with Crippen molar-refractivity contribution >= 4 is 19.1 Å². The minimum atomic E-state index is -1.60. The van der Waals surface area contributed by atoms with E-state index in [1.807, 2.05) is 18.2 Å². The maximum absolute atomic E-state index is 6.27. The maximum atomic E-state index is 6.27. The predicted molar refractivity (Wildman–Crippen MR) is 101 cm³/mol. The lowest BCUT2D eigenvalue weighted by Gasteiger charge is -2.27. The van der Waals surface area contributed by atoms with Crippen LogP contribution in [-0.2, 0) is 4.43 Å². The summed E-state index contributed by atoms with van der Waals surface area (Å²) in [6, 6.07) is 14.9. The van der Waals surface area contributed by atoms with Gasteiger partial charge in [0.15, 0.2) is 8.32 Å². The van der Waals surface area contributed by atoms with Crippen molar-refractivity contribution in [3.05, 3.63) is 42.5 Å². The molecule has 3 nitrogen and oxygen atoms in total. The molecule has 126 valence electrons. The molecule has 0 aromatic heterocycles. The molecule has 0 spiro atoms. The van der Waals surface area contributed by atoms with Crippen molar-refractivity contribution in [1.82, 2.24) is 5.32 Å². The van der Waals surface area contributed by atoms with Crippen LogP contribution < -0.4 is 10.1 Å². The van der Waals surface area contributed by atoms with Crippen LogP contribution in [0.2, 0.25) is 19.6 Å². The third kappa shape index (κ3) is 5.97. The van der Waals surface area contributed by atoms with Crippen molar-refractivity contribution in [2.75, 3.05) is 13.2 Å². The van der Waals surface area contributed by atoms with Crippen LogP contribution in [0, 0.1) is 0 Å². The topological polar surface area (TPSA) is 30.5 Å².